The van der Waals surface area contributed by atoms with Crippen LogP contribution < -0.4 is 4.57 Å². The fourth-order valence-corrected chi connectivity index (χ4v) is 4.35. The fraction of sp³-hybridized carbons (Fsp3) is 0.400. The van der Waals surface area contributed by atoms with Crippen LogP contribution in [0, 0.1) is 5.41 Å². The quantitative estimate of drug-likeness (QED) is 0.227. The molecule has 4 rings (SSSR count). The number of rotatable bonds is 16. The van der Waals surface area contributed by atoms with E-state index in [9.17, 15) is 0 Å². The maximum atomic E-state index is 5.75. The van der Waals surface area contributed by atoms with E-state index in [1.807, 2.05) is 6.07 Å². The average Bonchev–Trinajstić information content (AvgIpc) is 3.49. The summed E-state index contributed by atoms with van der Waals surface area (Å²) in [5.41, 5.74) is 2.72. The molecule has 6 heteroatoms. The summed E-state index contributed by atoms with van der Waals surface area (Å²) in [6, 6.07) is 21.1. The van der Waals surface area contributed by atoms with Crippen molar-refractivity contribution in [2.24, 2.45) is 5.41 Å². The van der Waals surface area contributed by atoms with Gasteiger partial charge in [0.25, 0.3) is 0 Å². The lowest BCUT2D eigenvalue weighted by Gasteiger charge is -2.14. The van der Waals surface area contributed by atoms with Gasteiger partial charge in [-0.2, -0.15) is 0 Å². The second-order valence-corrected chi connectivity index (χ2v) is 9.50. The molecule has 0 bridgehead atoms. The molecule has 0 aliphatic carbocycles. The van der Waals surface area contributed by atoms with Gasteiger partial charge in [-0.3, -0.25) is 0 Å². The van der Waals surface area contributed by atoms with Crippen molar-refractivity contribution in [2.75, 3.05) is 46.2 Å². The molecule has 0 spiro atoms. The monoisotopic (exact) mass is 489 g/mol. The zero-order valence-corrected chi connectivity index (χ0v) is 21.4. The normalized spacial score (nSPS) is 17.0. The molecule has 1 unspecified atom stereocenters. The van der Waals surface area contributed by atoms with Crippen LogP contribution in [-0.4, -0.2) is 61.5 Å². The average molecular weight is 490 g/mol. The lowest BCUT2D eigenvalue weighted by atomic mass is 9.86. The molecule has 0 radical (unpaired) electrons. The van der Waals surface area contributed by atoms with Crippen LogP contribution in [0.3, 0.4) is 0 Å². The highest BCUT2D eigenvalue weighted by molar-refractivity contribution is 5.66. The Morgan fingerprint density at radius 3 is 2.14 bits per heavy atom. The van der Waals surface area contributed by atoms with Crippen molar-refractivity contribution in [3.8, 4) is 0 Å². The first-order valence-electron chi connectivity index (χ1n) is 12.9. The summed E-state index contributed by atoms with van der Waals surface area (Å²) >= 11 is 0. The Morgan fingerprint density at radius 2 is 1.42 bits per heavy atom. The van der Waals surface area contributed by atoms with Gasteiger partial charge in [-0.25, -0.2) is 13.7 Å². The molecular formula is C30H39N3O3+2. The van der Waals surface area contributed by atoms with E-state index in [4.69, 9.17) is 14.2 Å². The highest BCUT2D eigenvalue weighted by atomic mass is 16.5. The molecule has 2 aromatic carbocycles. The summed E-state index contributed by atoms with van der Waals surface area (Å²) < 4.78 is 23.6. The Labute approximate surface area is 215 Å². The van der Waals surface area contributed by atoms with E-state index in [2.05, 4.69) is 112 Å². The van der Waals surface area contributed by atoms with E-state index in [1.165, 1.54) is 11.1 Å². The third-order valence-electron chi connectivity index (χ3n) is 6.22. The van der Waals surface area contributed by atoms with E-state index < -0.39 is 0 Å². The van der Waals surface area contributed by atoms with Gasteiger partial charge in [-0.15, -0.1) is 0 Å². The molecule has 0 saturated heterocycles. The Balaban J connectivity index is 0.982. The zero-order chi connectivity index (χ0) is 24.9. The largest absolute Gasteiger partial charge is 0.377 e. The number of benzene rings is 2. The standard InChI is InChI=1S/C30H39N3O3/c1-30(24-28-8-4-2-5-9-28)12-13-31(26-30)16-18-34-20-22-36-23-21-35-19-17-32-14-15-33(27-32)25-29-10-6-3-7-11-29/h2-15,26-27H,16-25H2,1H3/q+2. The van der Waals surface area contributed by atoms with Gasteiger partial charge in [0, 0.05) is 0 Å². The van der Waals surface area contributed by atoms with Crippen molar-refractivity contribution in [1.82, 2.24) is 4.57 Å². The first kappa shape index (κ1) is 26.0. The number of hydrogen-bond donors (Lipinski definition) is 0. The number of ether oxygens (including phenoxy) is 3. The molecule has 0 amide bonds. The van der Waals surface area contributed by atoms with Gasteiger partial charge in [-0.05, 0) is 30.5 Å². The van der Waals surface area contributed by atoms with Crippen molar-refractivity contribution in [3.63, 3.8) is 0 Å². The summed E-state index contributed by atoms with van der Waals surface area (Å²) in [6.07, 6.45) is 14.0. The molecule has 6 nitrogen and oxygen atoms in total. The lowest BCUT2D eigenvalue weighted by Crippen LogP contribution is -2.31. The molecule has 36 heavy (non-hydrogen) atoms. The minimum Gasteiger partial charge on any atom is -0.377 e. The summed E-state index contributed by atoms with van der Waals surface area (Å²) in [5.74, 6) is 0. The first-order chi connectivity index (χ1) is 17.7. The lowest BCUT2D eigenvalue weighted by molar-refractivity contribution is -0.687. The van der Waals surface area contributed by atoms with E-state index >= 15 is 0 Å². The molecule has 190 valence electrons. The Kier molecular flexibility index (Phi) is 10.0. The first-order valence-corrected chi connectivity index (χ1v) is 12.9. The van der Waals surface area contributed by atoms with Gasteiger partial charge in [0.1, 0.15) is 32.1 Å². The molecule has 0 fully saturated rings. The molecule has 0 saturated carbocycles. The number of aromatic nitrogens is 2. The SMILES string of the molecule is CC1(Cc2ccccc2)C=C[N+](CCOCCOCCOCCn2cc[n+](Cc3ccccc3)c2)=C1. The zero-order valence-electron chi connectivity index (χ0n) is 21.4. The van der Waals surface area contributed by atoms with Crippen LogP contribution in [0.4, 0.5) is 0 Å². The van der Waals surface area contributed by atoms with Crippen molar-refractivity contribution < 1.29 is 23.4 Å². The minimum absolute atomic E-state index is 0.0646. The Bertz CT molecular complexity index is 1090. The smallest absolute Gasteiger partial charge is 0.244 e. The van der Waals surface area contributed by atoms with Crippen LogP contribution in [0.5, 0.6) is 0 Å². The molecule has 0 N–H and O–H groups in total. The number of nitrogens with zero attached hydrogens (tertiary/aromatic N) is 3. The van der Waals surface area contributed by atoms with Gasteiger partial charge in [-0.1, -0.05) is 60.7 Å². The van der Waals surface area contributed by atoms with Crippen molar-refractivity contribution >= 4 is 6.21 Å². The number of hydrogen-bond acceptors (Lipinski definition) is 3. The van der Waals surface area contributed by atoms with Crippen LogP contribution in [0.25, 0.3) is 0 Å². The second kappa shape index (κ2) is 13.9. The summed E-state index contributed by atoms with van der Waals surface area (Å²) in [7, 11) is 0. The van der Waals surface area contributed by atoms with Crippen LogP contribution >= 0.6 is 0 Å². The van der Waals surface area contributed by atoms with Crippen LogP contribution in [0.1, 0.15) is 18.1 Å². The fourth-order valence-electron chi connectivity index (χ4n) is 4.35. The van der Waals surface area contributed by atoms with E-state index in [0.29, 0.717) is 39.6 Å². The molecular weight excluding hydrogens is 450 g/mol. The highest BCUT2D eigenvalue weighted by Crippen LogP contribution is 2.25. The number of allylic oxidation sites excluding steroid dienone is 1. The van der Waals surface area contributed by atoms with Gasteiger partial charge < -0.3 is 14.2 Å². The van der Waals surface area contributed by atoms with Crippen molar-refractivity contribution in [2.45, 2.75) is 26.4 Å². The highest BCUT2D eigenvalue weighted by Gasteiger charge is 2.29. The second-order valence-electron chi connectivity index (χ2n) is 9.50. The van der Waals surface area contributed by atoms with Crippen LogP contribution in [0.2, 0.25) is 0 Å². The van der Waals surface area contributed by atoms with Crippen molar-refractivity contribution in [1.29, 1.82) is 0 Å². The topological polar surface area (TPSA) is 39.5 Å². The van der Waals surface area contributed by atoms with Crippen LogP contribution in [-0.2, 0) is 33.7 Å². The maximum absolute atomic E-state index is 5.75. The molecule has 3 aromatic rings. The van der Waals surface area contributed by atoms with E-state index in [0.717, 1.165) is 26.1 Å². The third-order valence-corrected chi connectivity index (χ3v) is 6.22. The van der Waals surface area contributed by atoms with Gasteiger partial charge in [0.15, 0.2) is 19.0 Å². The minimum atomic E-state index is 0.0646. The molecule has 2 heterocycles. The summed E-state index contributed by atoms with van der Waals surface area (Å²) in [6.45, 7) is 8.56. The van der Waals surface area contributed by atoms with Gasteiger partial charge >= 0.3 is 0 Å². The van der Waals surface area contributed by atoms with Gasteiger partial charge in [0.05, 0.1) is 38.4 Å². The van der Waals surface area contributed by atoms with Gasteiger partial charge in [0.2, 0.25) is 6.33 Å². The predicted molar refractivity (Wildman–Crippen MR) is 141 cm³/mol. The molecule has 1 aliphatic heterocycles. The molecule has 1 aromatic heterocycles. The maximum Gasteiger partial charge on any atom is 0.244 e. The third kappa shape index (κ3) is 8.86. The predicted octanol–water partition coefficient (Wildman–Crippen LogP) is 3.73. The number of imidazole rings is 1. The van der Waals surface area contributed by atoms with Crippen molar-refractivity contribution in [3.05, 3.63) is 103 Å². The Morgan fingerprint density at radius 1 is 0.778 bits per heavy atom. The van der Waals surface area contributed by atoms with E-state index in [-0.39, 0.29) is 5.41 Å². The summed E-state index contributed by atoms with van der Waals surface area (Å²) in [4.78, 5) is 0. The Hall–Kier alpha value is -3.06. The summed E-state index contributed by atoms with van der Waals surface area (Å²) in [5, 5.41) is 0. The van der Waals surface area contributed by atoms with Crippen LogP contribution in [0.15, 0.2) is 91.7 Å². The molecule has 1 aliphatic rings. The van der Waals surface area contributed by atoms with E-state index in [1.54, 1.807) is 0 Å². The molecule has 1 atom stereocenters.